The Balaban J connectivity index is 2.14. The molecule has 0 unspecified atom stereocenters. The van der Waals surface area contributed by atoms with Gasteiger partial charge in [0, 0.05) is 9.75 Å². The highest BCUT2D eigenvalue weighted by Crippen LogP contribution is 2.28. The highest BCUT2D eigenvalue weighted by molar-refractivity contribution is 7.80. The maximum atomic E-state index is 4.23. The Morgan fingerprint density at radius 3 is 2.53 bits per heavy atom. The summed E-state index contributed by atoms with van der Waals surface area (Å²) in [4.78, 5) is 2.83. The van der Waals surface area contributed by atoms with E-state index in [1.165, 1.54) is 15.3 Å². The molecule has 0 spiro atoms. The molecule has 0 saturated carbocycles. The second-order valence-electron chi connectivity index (χ2n) is 3.46. The Morgan fingerprint density at radius 2 is 1.80 bits per heavy atom. The molecule has 1 aromatic carbocycles. The van der Waals surface area contributed by atoms with E-state index in [0.717, 1.165) is 18.6 Å². The molecule has 1 heterocycles. The van der Waals surface area contributed by atoms with Gasteiger partial charge in [0.1, 0.15) is 0 Å². The topological polar surface area (TPSA) is 0 Å². The molecule has 0 nitrogen and oxygen atoms in total. The van der Waals surface area contributed by atoms with Gasteiger partial charge in [-0.05, 0) is 36.3 Å². The van der Waals surface area contributed by atoms with Crippen LogP contribution in [0.25, 0.3) is 10.4 Å². The molecule has 0 saturated heterocycles. The van der Waals surface area contributed by atoms with E-state index in [9.17, 15) is 0 Å². The van der Waals surface area contributed by atoms with Crippen molar-refractivity contribution in [2.45, 2.75) is 12.8 Å². The van der Waals surface area contributed by atoms with Crippen molar-refractivity contribution < 1.29 is 0 Å². The van der Waals surface area contributed by atoms with Gasteiger partial charge in [0.25, 0.3) is 0 Å². The van der Waals surface area contributed by atoms with Gasteiger partial charge >= 0.3 is 0 Å². The van der Waals surface area contributed by atoms with Crippen molar-refractivity contribution in [2.24, 2.45) is 0 Å². The summed E-state index contributed by atoms with van der Waals surface area (Å²) in [5.41, 5.74) is 1.32. The van der Waals surface area contributed by atoms with Gasteiger partial charge in [-0.1, -0.05) is 30.3 Å². The molecular formula is C13H14S2. The molecule has 15 heavy (non-hydrogen) atoms. The van der Waals surface area contributed by atoms with Crippen molar-refractivity contribution in [3.63, 3.8) is 0 Å². The molecule has 0 aliphatic rings. The Morgan fingerprint density at radius 1 is 1.00 bits per heavy atom. The van der Waals surface area contributed by atoms with E-state index in [4.69, 9.17) is 0 Å². The van der Waals surface area contributed by atoms with Gasteiger partial charge in [0.05, 0.1) is 0 Å². The van der Waals surface area contributed by atoms with E-state index < -0.39 is 0 Å². The SMILES string of the molecule is SCCCc1ccc(-c2ccccc2)s1. The summed E-state index contributed by atoms with van der Waals surface area (Å²) in [6.07, 6.45) is 2.32. The fourth-order valence-electron chi connectivity index (χ4n) is 1.52. The predicted octanol–water partition coefficient (Wildman–Crippen LogP) is 4.28. The second kappa shape index (κ2) is 5.38. The molecule has 0 amide bonds. The summed E-state index contributed by atoms with van der Waals surface area (Å²) in [6.45, 7) is 0. The van der Waals surface area contributed by atoms with Crippen molar-refractivity contribution >= 4 is 24.0 Å². The number of hydrogen-bond donors (Lipinski definition) is 1. The first-order valence-electron chi connectivity index (χ1n) is 5.15. The lowest BCUT2D eigenvalue weighted by Gasteiger charge is -1.95. The van der Waals surface area contributed by atoms with Crippen LogP contribution in [0.4, 0.5) is 0 Å². The van der Waals surface area contributed by atoms with Crippen LogP contribution in [0, 0.1) is 0 Å². The molecule has 0 N–H and O–H groups in total. The zero-order valence-electron chi connectivity index (χ0n) is 8.52. The largest absolute Gasteiger partial charge is 0.179 e. The standard InChI is InChI=1S/C13H14S2/c14-10-4-7-12-8-9-13(15-12)11-5-2-1-3-6-11/h1-3,5-6,8-9,14H,4,7,10H2. The lowest BCUT2D eigenvalue weighted by Crippen LogP contribution is -1.79. The third kappa shape index (κ3) is 2.86. The minimum absolute atomic E-state index is 0.971. The molecule has 0 atom stereocenters. The van der Waals surface area contributed by atoms with E-state index in [1.807, 2.05) is 11.3 Å². The minimum Gasteiger partial charge on any atom is -0.179 e. The summed E-state index contributed by atoms with van der Waals surface area (Å²) in [5.74, 6) is 0.971. The van der Waals surface area contributed by atoms with Gasteiger partial charge in [-0.3, -0.25) is 0 Å². The molecule has 0 bridgehead atoms. The second-order valence-corrected chi connectivity index (χ2v) is 5.07. The molecule has 0 aliphatic heterocycles. The van der Waals surface area contributed by atoms with Gasteiger partial charge in [-0.15, -0.1) is 11.3 Å². The zero-order valence-corrected chi connectivity index (χ0v) is 10.2. The van der Waals surface area contributed by atoms with Gasteiger partial charge in [0.2, 0.25) is 0 Å². The van der Waals surface area contributed by atoms with Gasteiger partial charge < -0.3 is 0 Å². The molecule has 2 rings (SSSR count). The summed E-state index contributed by atoms with van der Waals surface area (Å²) in [7, 11) is 0. The average Bonchev–Trinajstić information content (AvgIpc) is 2.76. The Labute approximate surface area is 100 Å². The Kier molecular flexibility index (Phi) is 3.87. The monoisotopic (exact) mass is 234 g/mol. The number of thiophene rings is 1. The third-order valence-electron chi connectivity index (χ3n) is 2.30. The summed E-state index contributed by atoms with van der Waals surface area (Å²) < 4.78 is 0. The number of aryl methyl sites for hydroxylation is 1. The molecule has 0 aliphatic carbocycles. The maximum absolute atomic E-state index is 4.23. The van der Waals surface area contributed by atoms with Crippen LogP contribution in [-0.4, -0.2) is 5.75 Å². The number of rotatable bonds is 4. The maximum Gasteiger partial charge on any atom is 0.0345 e. The Hall–Kier alpha value is -0.730. The van der Waals surface area contributed by atoms with E-state index in [1.54, 1.807) is 0 Å². The van der Waals surface area contributed by atoms with Gasteiger partial charge in [-0.2, -0.15) is 12.6 Å². The molecular weight excluding hydrogens is 220 g/mol. The van der Waals surface area contributed by atoms with Crippen LogP contribution in [0.1, 0.15) is 11.3 Å². The quantitative estimate of drug-likeness (QED) is 0.750. The fourth-order valence-corrected chi connectivity index (χ4v) is 2.74. The smallest absolute Gasteiger partial charge is 0.0345 e. The summed E-state index contributed by atoms with van der Waals surface area (Å²) in [6, 6.07) is 15.0. The third-order valence-corrected chi connectivity index (χ3v) is 3.81. The van der Waals surface area contributed by atoms with E-state index >= 15 is 0 Å². The molecule has 78 valence electrons. The molecule has 0 radical (unpaired) electrons. The van der Waals surface area contributed by atoms with E-state index in [2.05, 4.69) is 55.1 Å². The van der Waals surface area contributed by atoms with Crippen molar-refractivity contribution in [3.8, 4) is 10.4 Å². The highest BCUT2D eigenvalue weighted by Gasteiger charge is 2.01. The zero-order chi connectivity index (χ0) is 10.5. The van der Waals surface area contributed by atoms with Crippen LogP contribution in [0.5, 0.6) is 0 Å². The van der Waals surface area contributed by atoms with Crippen LogP contribution in [0.2, 0.25) is 0 Å². The molecule has 1 aromatic heterocycles. The Bertz CT molecular complexity index is 403. The first-order valence-corrected chi connectivity index (χ1v) is 6.60. The van der Waals surface area contributed by atoms with Crippen LogP contribution in [0.3, 0.4) is 0 Å². The van der Waals surface area contributed by atoms with Crippen LogP contribution in [0.15, 0.2) is 42.5 Å². The van der Waals surface area contributed by atoms with Crippen LogP contribution in [-0.2, 0) is 6.42 Å². The lowest BCUT2D eigenvalue weighted by molar-refractivity contribution is 0.955. The molecule has 0 fully saturated rings. The van der Waals surface area contributed by atoms with Crippen molar-refractivity contribution in [1.82, 2.24) is 0 Å². The first-order chi connectivity index (χ1) is 7.40. The molecule has 2 heteroatoms. The van der Waals surface area contributed by atoms with Gasteiger partial charge in [-0.25, -0.2) is 0 Å². The number of hydrogen-bond acceptors (Lipinski definition) is 2. The number of benzene rings is 1. The van der Waals surface area contributed by atoms with Crippen LogP contribution < -0.4 is 0 Å². The predicted molar refractivity (Wildman–Crippen MR) is 71.9 cm³/mol. The lowest BCUT2D eigenvalue weighted by atomic mass is 10.2. The minimum atomic E-state index is 0.971. The van der Waals surface area contributed by atoms with Crippen molar-refractivity contribution in [2.75, 3.05) is 5.75 Å². The number of thiol groups is 1. The summed E-state index contributed by atoms with van der Waals surface area (Å²) in [5, 5.41) is 0. The van der Waals surface area contributed by atoms with E-state index in [0.29, 0.717) is 0 Å². The summed E-state index contributed by atoms with van der Waals surface area (Å²) >= 11 is 6.12. The van der Waals surface area contributed by atoms with Crippen LogP contribution >= 0.6 is 24.0 Å². The first kappa shape index (κ1) is 10.8. The average molecular weight is 234 g/mol. The fraction of sp³-hybridized carbons (Fsp3) is 0.231. The normalized spacial score (nSPS) is 10.5. The van der Waals surface area contributed by atoms with Gasteiger partial charge in [0.15, 0.2) is 0 Å². The highest BCUT2D eigenvalue weighted by atomic mass is 32.1. The van der Waals surface area contributed by atoms with E-state index in [-0.39, 0.29) is 0 Å². The van der Waals surface area contributed by atoms with Crippen molar-refractivity contribution in [1.29, 1.82) is 0 Å². The van der Waals surface area contributed by atoms with Crippen molar-refractivity contribution in [3.05, 3.63) is 47.3 Å². The molecule has 2 aromatic rings.